The fourth-order valence-electron chi connectivity index (χ4n) is 3.88. The van der Waals surface area contributed by atoms with Gasteiger partial charge in [0.2, 0.25) is 11.3 Å². The summed E-state index contributed by atoms with van der Waals surface area (Å²) in [6, 6.07) is 20.4. The zero-order valence-electron chi connectivity index (χ0n) is 16.2. The molecule has 1 fully saturated rings. The summed E-state index contributed by atoms with van der Waals surface area (Å²) in [5, 5.41) is 4.21. The largest absolute Gasteiger partial charge is 0.359 e. The summed E-state index contributed by atoms with van der Waals surface area (Å²) in [6.45, 7) is 3.19. The first kappa shape index (κ1) is 20.0. The molecule has 29 heavy (non-hydrogen) atoms. The maximum absolute atomic E-state index is 10.8. The number of rotatable bonds is 7. The smallest absolute Gasteiger partial charge is 0.232 e. The molecule has 0 aliphatic carbocycles. The highest BCUT2D eigenvalue weighted by Gasteiger charge is 2.22. The van der Waals surface area contributed by atoms with Crippen LogP contribution in [0.4, 0.5) is 0 Å². The van der Waals surface area contributed by atoms with Gasteiger partial charge in [0.1, 0.15) is 5.69 Å². The van der Waals surface area contributed by atoms with Gasteiger partial charge < -0.3 is 4.52 Å². The standard InChI is InChI=1S/C22H25N3O3S/c26-29(27)23-15-17-5-4-8-20(13-17)18-9-11-25(12-10-18)16-21-14-22(24-28-21)19-6-2-1-3-7-19/h1-8,13-14,18,23H,9-12,15-16H2,(H,26,27). The maximum atomic E-state index is 10.8. The molecule has 4 rings (SSSR count). The van der Waals surface area contributed by atoms with Gasteiger partial charge in [-0.05, 0) is 43.0 Å². The fourth-order valence-corrected chi connectivity index (χ4v) is 4.17. The summed E-state index contributed by atoms with van der Waals surface area (Å²) in [6.07, 6.45) is 2.17. The van der Waals surface area contributed by atoms with Crippen LogP contribution >= 0.6 is 0 Å². The predicted molar refractivity (Wildman–Crippen MR) is 113 cm³/mol. The Hall–Kier alpha value is -2.32. The van der Waals surface area contributed by atoms with Crippen molar-refractivity contribution in [1.29, 1.82) is 0 Å². The Kier molecular flexibility index (Phi) is 6.51. The summed E-state index contributed by atoms with van der Waals surface area (Å²) in [5.41, 5.74) is 4.28. The highest BCUT2D eigenvalue weighted by Crippen LogP contribution is 2.29. The first-order valence-electron chi connectivity index (χ1n) is 9.84. The molecule has 0 bridgehead atoms. The van der Waals surface area contributed by atoms with Crippen LogP contribution in [0, 0.1) is 0 Å². The van der Waals surface area contributed by atoms with Crippen LogP contribution < -0.4 is 4.72 Å². The van der Waals surface area contributed by atoms with Crippen LogP contribution in [0.15, 0.2) is 65.2 Å². The van der Waals surface area contributed by atoms with E-state index in [2.05, 4.69) is 26.9 Å². The Bertz CT molecular complexity index is 953. The highest BCUT2D eigenvalue weighted by atomic mass is 32.2. The Morgan fingerprint density at radius 3 is 2.66 bits per heavy atom. The lowest BCUT2D eigenvalue weighted by Crippen LogP contribution is -2.32. The van der Waals surface area contributed by atoms with E-state index in [4.69, 9.17) is 9.08 Å². The number of hydrogen-bond donors (Lipinski definition) is 2. The number of hydrogen-bond acceptors (Lipinski definition) is 4. The van der Waals surface area contributed by atoms with E-state index in [1.807, 2.05) is 48.5 Å². The van der Waals surface area contributed by atoms with Gasteiger partial charge in [-0.1, -0.05) is 59.8 Å². The van der Waals surface area contributed by atoms with Crippen molar-refractivity contribution in [2.45, 2.75) is 31.8 Å². The molecule has 2 aromatic carbocycles. The van der Waals surface area contributed by atoms with E-state index in [-0.39, 0.29) is 0 Å². The molecule has 3 aromatic rings. The zero-order valence-corrected chi connectivity index (χ0v) is 17.0. The predicted octanol–water partition coefficient (Wildman–Crippen LogP) is 3.95. The van der Waals surface area contributed by atoms with Crippen molar-refractivity contribution in [2.24, 2.45) is 0 Å². The second kappa shape index (κ2) is 9.45. The van der Waals surface area contributed by atoms with Gasteiger partial charge in [-0.15, -0.1) is 0 Å². The lowest BCUT2D eigenvalue weighted by molar-refractivity contribution is 0.184. The third-order valence-corrected chi connectivity index (χ3v) is 5.81. The van der Waals surface area contributed by atoms with Gasteiger partial charge in [-0.3, -0.25) is 9.45 Å². The number of nitrogens with zero attached hydrogens (tertiary/aromatic N) is 2. The van der Waals surface area contributed by atoms with Crippen LogP contribution in [-0.2, 0) is 24.4 Å². The fraction of sp³-hybridized carbons (Fsp3) is 0.318. The van der Waals surface area contributed by atoms with Crippen LogP contribution in [0.25, 0.3) is 11.3 Å². The van der Waals surface area contributed by atoms with Gasteiger partial charge in [0.15, 0.2) is 5.76 Å². The molecule has 1 aromatic heterocycles. The summed E-state index contributed by atoms with van der Waals surface area (Å²) < 4.78 is 27.8. The lowest BCUT2D eigenvalue weighted by Gasteiger charge is -2.31. The average molecular weight is 412 g/mol. The molecule has 0 radical (unpaired) electrons. The molecule has 0 saturated carbocycles. The third kappa shape index (κ3) is 5.39. The first-order valence-corrected chi connectivity index (χ1v) is 10.9. The zero-order chi connectivity index (χ0) is 20.1. The van der Waals surface area contributed by atoms with Crippen molar-refractivity contribution < 1.29 is 13.3 Å². The van der Waals surface area contributed by atoms with E-state index >= 15 is 0 Å². The number of nitrogens with one attached hydrogen (secondary N) is 1. The second-order valence-electron chi connectivity index (χ2n) is 7.41. The van der Waals surface area contributed by atoms with Gasteiger partial charge in [0, 0.05) is 18.2 Å². The van der Waals surface area contributed by atoms with E-state index in [1.54, 1.807) is 0 Å². The van der Waals surface area contributed by atoms with Gasteiger partial charge in [-0.25, -0.2) is 8.93 Å². The summed E-state index contributed by atoms with van der Waals surface area (Å²) in [5.74, 6) is 1.41. The molecule has 1 unspecified atom stereocenters. The number of aromatic nitrogens is 1. The van der Waals surface area contributed by atoms with Crippen molar-refractivity contribution in [3.8, 4) is 11.3 Å². The highest BCUT2D eigenvalue weighted by molar-refractivity contribution is 7.77. The van der Waals surface area contributed by atoms with Crippen molar-refractivity contribution >= 4 is 11.3 Å². The molecular weight excluding hydrogens is 386 g/mol. The molecule has 152 valence electrons. The molecular formula is C22H25N3O3S. The monoisotopic (exact) mass is 411 g/mol. The number of piperidine rings is 1. The van der Waals surface area contributed by atoms with Crippen LogP contribution in [0.3, 0.4) is 0 Å². The van der Waals surface area contributed by atoms with Crippen molar-refractivity contribution in [1.82, 2.24) is 14.8 Å². The minimum Gasteiger partial charge on any atom is -0.359 e. The number of likely N-dealkylation sites (tertiary alicyclic amines) is 1. The maximum Gasteiger partial charge on any atom is 0.232 e. The van der Waals surface area contributed by atoms with Gasteiger partial charge >= 0.3 is 0 Å². The third-order valence-electron chi connectivity index (χ3n) is 5.42. The van der Waals surface area contributed by atoms with Gasteiger partial charge in [0.25, 0.3) is 0 Å². The van der Waals surface area contributed by atoms with E-state index < -0.39 is 11.3 Å². The topological polar surface area (TPSA) is 78.6 Å². The van der Waals surface area contributed by atoms with Crippen LogP contribution in [0.5, 0.6) is 0 Å². The minimum absolute atomic E-state index is 0.394. The van der Waals surface area contributed by atoms with Crippen LogP contribution in [0.1, 0.15) is 35.6 Å². The van der Waals surface area contributed by atoms with Crippen LogP contribution in [-0.4, -0.2) is 31.9 Å². The van der Waals surface area contributed by atoms with Gasteiger partial charge in [-0.2, -0.15) is 0 Å². The van der Waals surface area contributed by atoms with E-state index in [0.29, 0.717) is 12.5 Å². The molecule has 7 heteroatoms. The normalized spacial score (nSPS) is 16.7. The Balaban J connectivity index is 1.31. The van der Waals surface area contributed by atoms with Crippen molar-refractivity contribution in [3.63, 3.8) is 0 Å². The molecule has 2 heterocycles. The molecule has 1 aliphatic rings. The van der Waals surface area contributed by atoms with Gasteiger partial charge in [0.05, 0.1) is 6.54 Å². The Labute approximate surface area is 173 Å². The summed E-state index contributed by atoms with van der Waals surface area (Å²) in [7, 11) is 0. The second-order valence-corrected chi connectivity index (χ2v) is 8.20. The lowest BCUT2D eigenvalue weighted by atomic mass is 9.88. The molecule has 2 N–H and O–H groups in total. The van der Waals surface area contributed by atoms with Crippen molar-refractivity contribution in [3.05, 3.63) is 77.6 Å². The average Bonchev–Trinajstić information content (AvgIpc) is 3.22. The molecule has 1 saturated heterocycles. The van der Waals surface area contributed by atoms with E-state index in [0.717, 1.165) is 55.1 Å². The first-order chi connectivity index (χ1) is 14.2. The molecule has 1 atom stereocenters. The Morgan fingerprint density at radius 2 is 1.90 bits per heavy atom. The van der Waals surface area contributed by atoms with E-state index in [9.17, 15) is 4.21 Å². The minimum atomic E-state index is -1.98. The molecule has 6 nitrogen and oxygen atoms in total. The molecule has 1 aliphatic heterocycles. The molecule has 0 spiro atoms. The van der Waals surface area contributed by atoms with Crippen LogP contribution in [0.2, 0.25) is 0 Å². The number of benzene rings is 2. The van der Waals surface area contributed by atoms with E-state index in [1.165, 1.54) is 5.56 Å². The summed E-state index contributed by atoms with van der Waals surface area (Å²) >= 11 is -1.98. The van der Waals surface area contributed by atoms with Crippen molar-refractivity contribution in [2.75, 3.05) is 13.1 Å². The Morgan fingerprint density at radius 1 is 1.10 bits per heavy atom. The quantitative estimate of drug-likeness (QED) is 0.576. The summed E-state index contributed by atoms with van der Waals surface area (Å²) in [4.78, 5) is 2.41. The SMILES string of the molecule is O=S(O)NCc1cccc(C2CCN(Cc3cc(-c4ccccc4)no3)CC2)c1. The molecule has 0 amide bonds.